The zero-order valence-electron chi connectivity index (χ0n) is 10.5. The zero-order valence-corrected chi connectivity index (χ0v) is 10.5. The number of aliphatic hydroxyl groups is 1. The van der Waals surface area contributed by atoms with Gasteiger partial charge in [-0.3, -0.25) is 10.1 Å². The largest absolute Gasteiger partial charge is 0.496 e. The topological polar surface area (TPSA) is 108 Å². The van der Waals surface area contributed by atoms with E-state index in [0.717, 1.165) is 0 Å². The number of ether oxygens (including phenoxy) is 2. The summed E-state index contributed by atoms with van der Waals surface area (Å²) in [5.41, 5.74) is 0.265. The number of methoxy groups -OCH3 is 1. The third kappa shape index (κ3) is 2.98. The lowest BCUT2D eigenvalue weighted by Gasteiger charge is -2.06. The maximum absolute atomic E-state index is 11.0. The smallest absolute Gasteiger partial charge is 0.322 e. The zero-order chi connectivity index (χ0) is 14.5. The van der Waals surface area contributed by atoms with Crippen LogP contribution in [0.25, 0.3) is 0 Å². The lowest BCUT2D eigenvalue weighted by atomic mass is 10.3. The molecule has 0 aliphatic heterocycles. The minimum absolute atomic E-state index is 0.00699. The van der Waals surface area contributed by atoms with Crippen molar-refractivity contribution in [3.05, 3.63) is 46.3 Å². The summed E-state index contributed by atoms with van der Waals surface area (Å²) >= 11 is 0. The molecular formula is C12H11N3O5. The summed E-state index contributed by atoms with van der Waals surface area (Å²) in [6.45, 7) is -0.192. The van der Waals surface area contributed by atoms with Gasteiger partial charge in [-0.2, -0.15) is 0 Å². The van der Waals surface area contributed by atoms with Crippen LogP contribution in [-0.4, -0.2) is 27.1 Å². The van der Waals surface area contributed by atoms with E-state index in [9.17, 15) is 10.1 Å². The highest BCUT2D eigenvalue weighted by Crippen LogP contribution is 2.33. The molecule has 1 aromatic heterocycles. The number of aromatic nitrogens is 2. The molecule has 2 rings (SSSR count). The molecule has 1 N–H and O–H groups in total. The van der Waals surface area contributed by atoms with Crippen molar-refractivity contribution < 1.29 is 19.5 Å². The third-order valence-electron chi connectivity index (χ3n) is 2.43. The van der Waals surface area contributed by atoms with Gasteiger partial charge in [0.2, 0.25) is 5.75 Å². The van der Waals surface area contributed by atoms with Crippen LogP contribution in [0.5, 0.6) is 17.5 Å². The average molecular weight is 277 g/mol. The van der Waals surface area contributed by atoms with Crippen molar-refractivity contribution in [1.82, 2.24) is 9.97 Å². The summed E-state index contributed by atoms with van der Waals surface area (Å²) in [4.78, 5) is 18.1. The van der Waals surface area contributed by atoms with Crippen molar-refractivity contribution in [2.24, 2.45) is 0 Å². The molecule has 1 heterocycles. The second-order valence-electron chi connectivity index (χ2n) is 3.72. The number of nitrogens with zero attached hydrogens (tertiary/aromatic N) is 3. The maximum Gasteiger partial charge on any atom is 0.322 e. The monoisotopic (exact) mass is 277 g/mol. The van der Waals surface area contributed by atoms with Gasteiger partial charge in [0.25, 0.3) is 0 Å². The van der Waals surface area contributed by atoms with Gasteiger partial charge >= 0.3 is 11.7 Å². The number of benzene rings is 1. The number of hydrogen-bond acceptors (Lipinski definition) is 7. The van der Waals surface area contributed by atoms with Crippen LogP contribution in [0.3, 0.4) is 0 Å². The first-order valence-electron chi connectivity index (χ1n) is 5.56. The molecule has 0 amide bonds. The second kappa shape index (κ2) is 5.93. The molecule has 104 valence electrons. The summed E-state index contributed by atoms with van der Waals surface area (Å²) in [5.74, 6) is 0.355. The van der Waals surface area contributed by atoms with Crippen LogP contribution in [0, 0.1) is 10.1 Å². The molecule has 0 spiro atoms. The molecule has 8 heteroatoms. The molecule has 0 aliphatic rings. The first kappa shape index (κ1) is 13.7. The Kier molecular flexibility index (Phi) is 4.06. The van der Waals surface area contributed by atoms with Crippen LogP contribution in [0.1, 0.15) is 5.56 Å². The Labute approximate surface area is 113 Å². The Morgan fingerprint density at radius 1 is 1.35 bits per heavy atom. The van der Waals surface area contributed by atoms with Crippen LogP contribution >= 0.6 is 0 Å². The molecule has 0 unspecified atom stereocenters. The van der Waals surface area contributed by atoms with Gasteiger partial charge in [-0.15, -0.1) is 0 Å². The standard InChI is InChI=1S/C12H11N3O5/c1-19-9-2-3-11(10(4-9)15(17)18)20-12-13-5-8(7-16)6-14-12/h2-6,16H,7H2,1H3. The summed E-state index contributed by atoms with van der Waals surface area (Å²) < 4.78 is 10.2. The first-order valence-corrected chi connectivity index (χ1v) is 5.56. The molecule has 0 bridgehead atoms. The summed E-state index contributed by atoms with van der Waals surface area (Å²) in [6.07, 6.45) is 2.75. The van der Waals surface area contributed by atoms with Crippen molar-refractivity contribution in [2.45, 2.75) is 6.61 Å². The Morgan fingerprint density at radius 2 is 2.05 bits per heavy atom. The van der Waals surface area contributed by atoms with Crippen molar-refractivity contribution in [3.8, 4) is 17.5 Å². The highest BCUT2D eigenvalue weighted by atomic mass is 16.6. The van der Waals surface area contributed by atoms with E-state index in [2.05, 4.69) is 9.97 Å². The Bertz CT molecular complexity index is 615. The van der Waals surface area contributed by atoms with Gasteiger partial charge in [0.05, 0.1) is 24.7 Å². The van der Waals surface area contributed by atoms with E-state index in [1.165, 1.54) is 37.7 Å². The molecule has 0 fully saturated rings. The predicted octanol–water partition coefficient (Wildman–Crippen LogP) is 1.68. The molecule has 0 saturated heterocycles. The molecule has 8 nitrogen and oxygen atoms in total. The third-order valence-corrected chi connectivity index (χ3v) is 2.43. The molecular weight excluding hydrogens is 266 g/mol. The number of hydrogen-bond donors (Lipinski definition) is 1. The lowest BCUT2D eigenvalue weighted by molar-refractivity contribution is -0.385. The predicted molar refractivity (Wildman–Crippen MR) is 67.7 cm³/mol. The van der Waals surface area contributed by atoms with E-state index in [0.29, 0.717) is 11.3 Å². The lowest BCUT2D eigenvalue weighted by Crippen LogP contribution is -1.98. The van der Waals surface area contributed by atoms with Crippen LogP contribution in [0.15, 0.2) is 30.6 Å². The average Bonchev–Trinajstić information content (AvgIpc) is 2.48. The number of rotatable bonds is 5. The fraction of sp³-hybridized carbons (Fsp3) is 0.167. The maximum atomic E-state index is 11.0. The van der Waals surface area contributed by atoms with Gasteiger partial charge in [-0.25, -0.2) is 9.97 Å². The molecule has 0 radical (unpaired) electrons. The first-order chi connectivity index (χ1) is 9.63. The SMILES string of the molecule is COc1ccc(Oc2ncc(CO)cn2)c([N+](=O)[O-])c1. The molecule has 0 atom stereocenters. The van der Waals surface area contributed by atoms with E-state index in [-0.39, 0.29) is 24.1 Å². The van der Waals surface area contributed by atoms with Gasteiger partial charge in [-0.05, 0) is 12.1 Å². The van der Waals surface area contributed by atoms with E-state index >= 15 is 0 Å². The van der Waals surface area contributed by atoms with Gasteiger partial charge < -0.3 is 14.6 Å². The molecule has 0 aliphatic carbocycles. The highest BCUT2D eigenvalue weighted by Gasteiger charge is 2.18. The normalized spacial score (nSPS) is 10.1. The molecule has 2 aromatic rings. The van der Waals surface area contributed by atoms with Gasteiger partial charge in [-0.1, -0.05) is 0 Å². The quantitative estimate of drug-likeness (QED) is 0.654. The minimum atomic E-state index is -0.583. The van der Waals surface area contributed by atoms with Crippen LogP contribution in [0.2, 0.25) is 0 Å². The number of nitro groups is 1. The van der Waals surface area contributed by atoms with Crippen LogP contribution in [-0.2, 0) is 6.61 Å². The summed E-state index contributed by atoms with van der Waals surface area (Å²) in [7, 11) is 1.41. The fourth-order valence-corrected chi connectivity index (χ4v) is 1.43. The van der Waals surface area contributed by atoms with Crippen molar-refractivity contribution >= 4 is 5.69 Å². The molecule has 20 heavy (non-hydrogen) atoms. The highest BCUT2D eigenvalue weighted by molar-refractivity contribution is 5.51. The Morgan fingerprint density at radius 3 is 2.60 bits per heavy atom. The van der Waals surface area contributed by atoms with E-state index in [4.69, 9.17) is 14.6 Å². The van der Waals surface area contributed by atoms with Gasteiger partial charge in [0.15, 0.2) is 0 Å². The second-order valence-corrected chi connectivity index (χ2v) is 3.72. The summed E-state index contributed by atoms with van der Waals surface area (Å²) in [5, 5.41) is 19.8. The fourth-order valence-electron chi connectivity index (χ4n) is 1.43. The van der Waals surface area contributed by atoms with E-state index < -0.39 is 4.92 Å². The summed E-state index contributed by atoms with van der Waals surface area (Å²) in [6, 6.07) is 4.14. The van der Waals surface area contributed by atoms with Crippen molar-refractivity contribution in [2.75, 3.05) is 7.11 Å². The van der Waals surface area contributed by atoms with Crippen molar-refractivity contribution in [3.63, 3.8) is 0 Å². The molecule has 1 aromatic carbocycles. The van der Waals surface area contributed by atoms with Crippen LogP contribution < -0.4 is 9.47 Å². The molecule has 0 saturated carbocycles. The van der Waals surface area contributed by atoms with Gasteiger partial charge in [0, 0.05) is 18.0 Å². The van der Waals surface area contributed by atoms with E-state index in [1.807, 2.05) is 0 Å². The Balaban J connectivity index is 2.29. The van der Waals surface area contributed by atoms with Crippen LogP contribution in [0.4, 0.5) is 5.69 Å². The number of aliphatic hydroxyl groups excluding tert-OH is 1. The van der Waals surface area contributed by atoms with Gasteiger partial charge in [0.1, 0.15) is 5.75 Å². The number of nitro benzene ring substituents is 1. The Hall–Kier alpha value is -2.74. The van der Waals surface area contributed by atoms with E-state index in [1.54, 1.807) is 0 Å². The van der Waals surface area contributed by atoms with Crippen molar-refractivity contribution in [1.29, 1.82) is 0 Å². The minimum Gasteiger partial charge on any atom is -0.496 e.